The van der Waals surface area contributed by atoms with Gasteiger partial charge in [-0.25, -0.2) is 0 Å². The molecule has 27 heavy (non-hydrogen) atoms. The molecule has 0 saturated heterocycles. The summed E-state index contributed by atoms with van der Waals surface area (Å²) in [5.74, 6) is -0.369. The average Bonchev–Trinajstić information content (AvgIpc) is 2.62. The van der Waals surface area contributed by atoms with Crippen molar-refractivity contribution in [1.29, 1.82) is 0 Å². The molecule has 2 rings (SSSR count). The Hall–Kier alpha value is -2.27. The van der Waals surface area contributed by atoms with Gasteiger partial charge in [0, 0.05) is 31.9 Å². The summed E-state index contributed by atoms with van der Waals surface area (Å²) in [6, 6.07) is 11.9. The second-order valence-electron chi connectivity index (χ2n) is 8.14. The summed E-state index contributed by atoms with van der Waals surface area (Å²) in [6.07, 6.45) is 5.52. The molecule has 0 radical (unpaired) electrons. The van der Waals surface area contributed by atoms with Gasteiger partial charge in [-0.1, -0.05) is 32.9 Å². The van der Waals surface area contributed by atoms with Crippen LogP contribution < -0.4 is 0 Å². The van der Waals surface area contributed by atoms with E-state index in [-0.39, 0.29) is 11.8 Å². The van der Waals surface area contributed by atoms with Gasteiger partial charge in [0.1, 0.15) is 0 Å². The number of carboxylic acids is 1. The Bertz CT molecular complexity index is 642. The molecular formula is C22H31N3O2. The van der Waals surface area contributed by atoms with Crippen molar-refractivity contribution in [3.05, 3.63) is 60.2 Å². The van der Waals surface area contributed by atoms with Crippen LogP contribution in [0.5, 0.6) is 0 Å². The molecule has 0 fully saturated rings. The van der Waals surface area contributed by atoms with Crippen molar-refractivity contribution in [2.24, 2.45) is 11.3 Å². The first-order valence-corrected chi connectivity index (χ1v) is 9.58. The number of carbonyl (C=O) groups is 1. The lowest BCUT2D eigenvalue weighted by atomic mass is 9.76. The number of aromatic nitrogens is 2. The molecule has 1 N–H and O–H groups in total. The lowest BCUT2D eigenvalue weighted by Crippen LogP contribution is -2.30. The zero-order chi connectivity index (χ0) is 19.7. The highest BCUT2D eigenvalue weighted by Gasteiger charge is 2.25. The first kappa shape index (κ1) is 21.0. The minimum atomic E-state index is -0.719. The number of rotatable bonds is 10. The van der Waals surface area contributed by atoms with Gasteiger partial charge in [0.05, 0.1) is 11.4 Å². The van der Waals surface area contributed by atoms with Crippen LogP contribution in [0.3, 0.4) is 0 Å². The first-order valence-electron chi connectivity index (χ1n) is 9.58. The highest BCUT2D eigenvalue weighted by atomic mass is 16.4. The third-order valence-corrected chi connectivity index (χ3v) is 4.95. The van der Waals surface area contributed by atoms with Crippen LogP contribution in [-0.4, -0.2) is 32.5 Å². The fraction of sp³-hybridized carbons (Fsp3) is 0.500. The van der Waals surface area contributed by atoms with Crippen molar-refractivity contribution in [3.8, 4) is 0 Å². The number of hydrogen-bond acceptors (Lipinski definition) is 4. The molecule has 0 aliphatic rings. The van der Waals surface area contributed by atoms with Crippen LogP contribution in [0.1, 0.15) is 51.4 Å². The number of hydrogen-bond donors (Lipinski definition) is 1. The van der Waals surface area contributed by atoms with E-state index in [1.807, 2.05) is 48.8 Å². The van der Waals surface area contributed by atoms with E-state index in [4.69, 9.17) is 5.11 Å². The van der Waals surface area contributed by atoms with E-state index in [1.54, 1.807) is 0 Å². The van der Waals surface area contributed by atoms with E-state index in [9.17, 15) is 4.79 Å². The lowest BCUT2D eigenvalue weighted by molar-refractivity contribution is -0.137. The fourth-order valence-corrected chi connectivity index (χ4v) is 3.30. The first-order chi connectivity index (χ1) is 12.8. The Morgan fingerprint density at radius 1 is 1.00 bits per heavy atom. The summed E-state index contributed by atoms with van der Waals surface area (Å²) in [4.78, 5) is 22.3. The Labute approximate surface area is 162 Å². The smallest absolute Gasteiger partial charge is 0.303 e. The third-order valence-electron chi connectivity index (χ3n) is 4.95. The average molecular weight is 370 g/mol. The molecule has 0 aliphatic heterocycles. The van der Waals surface area contributed by atoms with E-state index in [0.717, 1.165) is 37.4 Å². The molecule has 2 heterocycles. The Morgan fingerprint density at radius 3 is 1.96 bits per heavy atom. The fourth-order valence-electron chi connectivity index (χ4n) is 3.30. The maximum Gasteiger partial charge on any atom is 0.303 e. The van der Waals surface area contributed by atoms with Crippen LogP contribution in [0.4, 0.5) is 0 Å². The molecule has 2 aromatic heterocycles. The molecule has 0 aliphatic carbocycles. The zero-order valence-corrected chi connectivity index (χ0v) is 16.6. The summed E-state index contributed by atoms with van der Waals surface area (Å²) in [7, 11) is 0. The van der Waals surface area contributed by atoms with Gasteiger partial charge in [0.15, 0.2) is 0 Å². The summed E-state index contributed by atoms with van der Waals surface area (Å²) >= 11 is 0. The van der Waals surface area contributed by atoms with Gasteiger partial charge in [0.2, 0.25) is 0 Å². The van der Waals surface area contributed by atoms with E-state index >= 15 is 0 Å². The highest BCUT2D eigenvalue weighted by Crippen LogP contribution is 2.33. The van der Waals surface area contributed by atoms with Crippen LogP contribution in [0.15, 0.2) is 48.8 Å². The standard InChI is InChI=1S/C22H31N3O2/c1-22(2,3)18(10-11-21(26)27)12-15-25(16-19-8-4-6-13-23-19)17-20-9-5-7-14-24-20/h4-9,13-14,18H,10-12,15-17H2,1-3H3,(H,26,27). The molecule has 1 atom stereocenters. The minimum Gasteiger partial charge on any atom is -0.481 e. The normalized spacial score (nSPS) is 12.9. The van der Waals surface area contributed by atoms with Crippen LogP contribution in [0.2, 0.25) is 0 Å². The van der Waals surface area contributed by atoms with Gasteiger partial charge in [-0.15, -0.1) is 0 Å². The largest absolute Gasteiger partial charge is 0.481 e. The number of aliphatic carboxylic acids is 1. The van der Waals surface area contributed by atoms with Gasteiger partial charge in [-0.05, 0) is 55.0 Å². The van der Waals surface area contributed by atoms with Crippen molar-refractivity contribution >= 4 is 5.97 Å². The summed E-state index contributed by atoms with van der Waals surface area (Å²) in [5.41, 5.74) is 2.15. The van der Waals surface area contributed by atoms with Gasteiger partial charge in [0.25, 0.3) is 0 Å². The van der Waals surface area contributed by atoms with Gasteiger partial charge in [-0.2, -0.15) is 0 Å². The molecule has 146 valence electrons. The molecule has 1 unspecified atom stereocenters. The van der Waals surface area contributed by atoms with Crippen LogP contribution in [-0.2, 0) is 17.9 Å². The van der Waals surface area contributed by atoms with Crippen molar-refractivity contribution in [1.82, 2.24) is 14.9 Å². The number of nitrogens with zero attached hydrogens (tertiary/aromatic N) is 3. The van der Waals surface area contributed by atoms with Crippen LogP contribution >= 0.6 is 0 Å². The molecule has 5 heteroatoms. The maximum atomic E-state index is 11.0. The van der Waals surface area contributed by atoms with E-state index in [1.165, 1.54) is 0 Å². The monoisotopic (exact) mass is 369 g/mol. The van der Waals surface area contributed by atoms with Crippen molar-refractivity contribution in [2.45, 2.75) is 53.1 Å². The van der Waals surface area contributed by atoms with E-state index in [2.05, 4.69) is 35.6 Å². The highest BCUT2D eigenvalue weighted by molar-refractivity contribution is 5.66. The second-order valence-corrected chi connectivity index (χ2v) is 8.14. The Balaban J connectivity index is 2.05. The predicted molar refractivity (Wildman–Crippen MR) is 107 cm³/mol. The van der Waals surface area contributed by atoms with Crippen LogP contribution in [0.25, 0.3) is 0 Å². The van der Waals surface area contributed by atoms with E-state index in [0.29, 0.717) is 12.3 Å². The molecule has 0 amide bonds. The van der Waals surface area contributed by atoms with Crippen molar-refractivity contribution in [2.75, 3.05) is 6.54 Å². The second kappa shape index (κ2) is 10.2. The maximum absolute atomic E-state index is 11.0. The Kier molecular flexibility index (Phi) is 7.92. The molecule has 0 bridgehead atoms. The van der Waals surface area contributed by atoms with Gasteiger partial charge >= 0.3 is 5.97 Å². The minimum absolute atomic E-state index is 0.0805. The Morgan fingerprint density at radius 2 is 1.56 bits per heavy atom. The van der Waals surface area contributed by atoms with Gasteiger partial charge in [-0.3, -0.25) is 19.7 Å². The topological polar surface area (TPSA) is 66.3 Å². The van der Waals surface area contributed by atoms with Gasteiger partial charge < -0.3 is 5.11 Å². The molecule has 0 spiro atoms. The van der Waals surface area contributed by atoms with Crippen molar-refractivity contribution in [3.63, 3.8) is 0 Å². The summed E-state index contributed by atoms with van der Waals surface area (Å²) in [5, 5.41) is 9.07. The summed E-state index contributed by atoms with van der Waals surface area (Å²) in [6.45, 7) is 8.99. The quantitative estimate of drug-likeness (QED) is 0.672. The number of carboxylic acid groups (broad SMARTS) is 1. The number of pyridine rings is 2. The van der Waals surface area contributed by atoms with Crippen molar-refractivity contribution < 1.29 is 9.90 Å². The molecule has 5 nitrogen and oxygen atoms in total. The SMILES string of the molecule is CC(C)(C)C(CCC(=O)O)CCN(Cc1ccccn1)Cc1ccccn1. The van der Waals surface area contributed by atoms with Crippen LogP contribution in [0, 0.1) is 11.3 Å². The molecule has 0 aromatic carbocycles. The molecule has 0 saturated carbocycles. The molecule has 2 aromatic rings. The van der Waals surface area contributed by atoms with E-state index < -0.39 is 5.97 Å². The molecular weight excluding hydrogens is 338 g/mol. The lowest BCUT2D eigenvalue weighted by Gasteiger charge is -2.33. The summed E-state index contributed by atoms with van der Waals surface area (Å²) < 4.78 is 0. The predicted octanol–water partition coefficient (Wildman–Crippen LogP) is 4.40. The third kappa shape index (κ3) is 7.87. The zero-order valence-electron chi connectivity index (χ0n) is 16.6.